The summed E-state index contributed by atoms with van der Waals surface area (Å²) in [5.41, 5.74) is 0.802. The van der Waals surface area contributed by atoms with Gasteiger partial charge in [-0.3, -0.25) is 4.90 Å². The predicted molar refractivity (Wildman–Crippen MR) is 67.4 cm³/mol. The van der Waals surface area contributed by atoms with Gasteiger partial charge in [0.05, 0.1) is 5.60 Å². The van der Waals surface area contributed by atoms with E-state index in [2.05, 4.69) is 18.4 Å². The molecular weight excluding hydrogens is 198 g/mol. The Labute approximate surface area is 99.3 Å². The Morgan fingerprint density at radius 2 is 2.00 bits per heavy atom. The minimum absolute atomic E-state index is 0.352. The van der Waals surface area contributed by atoms with Crippen LogP contribution < -0.4 is 0 Å². The number of aliphatic hydroxyl groups is 1. The molecule has 92 valence electrons. The van der Waals surface area contributed by atoms with E-state index in [1.54, 1.807) is 0 Å². The molecule has 2 heteroatoms. The lowest BCUT2D eigenvalue weighted by Gasteiger charge is -2.45. The summed E-state index contributed by atoms with van der Waals surface area (Å²) in [5, 5.41) is 10.5. The molecule has 0 bridgehead atoms. The largest absolute Gasteiger partial charge is 0.389 e. The van der Waals surface area contributed by atoms with Crippen LogP contribution in [-0.4, -0.2) is 34.7 Å². The lowest BCUT2D eigenvalue weighted by atomic mass is 9.73. The summed E-state index contributed by atoms with van der Waals surface area (Å²) >= 11 is 0. The van der Waals surface area contributed by atoms with Crippen molar-refractivity contribution < 1.29 is 5.11 Å². The van der Waals surface area contributed by atoms with Gasteiger partial charge in [0.25, 0.3) is 0 Å². The Hall–Kier alpha value is -0.340. The van der Waals surface area contributed by atoms with Crippen molar-refractivity contribution in [2.45, 2.75) is 57.6 Å². The van der Waals surface area contributed by atoms with Crippen LogP contribution in [0.5, 0.6) is 0 Å². The summed E-state index contributed by atoms with van der Waals surface area (Å²) in [6, 6.07) is 0.352. The van der Waals surface area contributed by atoms with Crippen molar-refractivity contribution in [1.82, 2.24) is 4.90 Å². The van der Waals surface area contributed by atoms with Crippen LogP contribution in [0.15, 0.2) is 12.2 Å². The smallest absolute Gasteiger partial charge is 0.0774 e. The quantitative estimate of drug-likeness (QED) is 0.727. The first-order valence-electron chi connectivity index (χ1n) is 6.62. The molecule has 0 radical (unpaired) electrons. The minimum atomic E-state index is -0.490. The predicted octanol–water partition coefficient (Wildman–Crippen LogP) is 2.58. The van der Waals surface area contributed by atoms with Gasteiger partial charge in [-0.2, -0.15) is 0 Å². The maximum atomic E-state index is 10.5. The van der Waals surface area contributed by atoms with Crippen LogP contribution in [-0.2, 0) is 0 Å². The molecule has 1 saturated heterocycles. The standard InChI is InChI=1S/C14H25NO/c1-11(2)12-6-7-14(3,16)13(10-12)15-8-4-5-9-15/h12-13,16H,1,4-10H2,2-3H3/t12?,13-,14-/m1/s1. The van der Waals surface area contributed by atoms with Gasteiger partial charge in [-0.1, -0.05) is 12.2 Å². The van der Waals surface area contributed by atoms with Gasteiger partial charge in [0.1, 0.15) is 0 Å². The van der Waals surface area contributed by atoms with Gasteiger partial charge in [-0.25, -0.2) is 0 Å². The molecule has 1 unspecified atom stereocenters. The van der Waals surface area contributed by atoms with Crippen molar-refractivity contribution in [3.63, 3.8) is 0 Å². The molecule has 1 heterocycles. The van der Waals surface area contributed by atoms with Crippen LogP contribution in [0.1, 0.15) is 46.0 Å². The third-order valence-electron chi connectivity index (χ3n) is 4.50. The highest BCUT2D eigenvalue weighted by atomic mass is 16.3. The van der Waals surface area contributed by atoms with Gasteiger partial charge in [-0.15, -0.1) is 0 Å². The monoisotopic (exact) mass is 223 g/mol. The van der Waals surface area contributed by atoms with Crippen LogP contribution in [0, 0.1) is 5.92 Å². The molecule has 2 fully saturated rings. The van der Waals surface area contributed by atoms with E-state index in [9.17, 15) is 5.11 Å². The van der Waals surface area contributed by atoms with E-state index in [-0.39, 0.29) is 0 Å². The average molecular weight is 223 g/mol. The second-order valence-corrected chi connectivity index (χ2v) is 5.93. The van der Waals surface area contributed by atoms with E-state index in [1.165, 1.54) is 31.5 Å². The Kier molecular flexibility index (Phi) is 3.41. The normalized spacial score (nSPS) is 41.2. The number of nitrogens with zero attached hydrogens (tertiary/aromatic N) is 1. The number of rotatable bonds is 2. The first kappa shape index (κ1) is 12.1. The van der Waals surface area contributed by atoms with Crippen LogP contribution in [0.2, 0.25) is 0 Å². The molecule has 0 spiro atoms. The highest BCUT2D eigenvalue weighted by molar-refractivity contribution is 5.05. The summed E-state index contributed by atoms with van der Waals surface area (Å²) in [4.78, 5) is 2.50. The van der Waals surface area contributed by atoms with Gasteiger partial charge in [0.15, 0.2) is 0 Å². The molecule has 0 aromatic carbocycles. The zero-order valence-electron chi connectivity index (χ0n) is 10.7. The fourth-order valence-corrected chi connectivity index (χ4v) is 3.32. The Bertz CT molecular complexity index is 266. The molecular formula is C14H25NO. The molecule has 1 aliphatic heterocycles. The first-order chi connectivity index (χ1) is 7.50. The number of hydrogen-bond acceptors (Lipinski definition) is 2. The summed E-state index contributed by atoms with van der Waals surface area (Å²) in [6.45, 7) is 10.6. The zero-order valence-corrected chi connectivity index (χ0v) is 10.7. The van der Waals surface area contributed by atoms with Crippen molar-refractivity contribution in [3.8, 4) is 0 Å². The summed E-state index contributed by atoms with van der Waals surface area (Å²) in [6.07, 6.45) is 5.72. The Morgan fingerprint density at radius 3 is 2.56 bits per heavy atom. The summed E-state index contributed by atoms with van der Waals surface area (Å²) in [5.74, 6) is 0.617. The summed E-state index contributed by atoms with van der Waals surface area (Å²) in [7, 11) is 0. The average Bonchev–Trinajstić information content (AvgIpc) is 2.69. The van der Waals surface area contributed by atoms with Gasteiger partial charge in [-0.05, 0) is 65.0 Å². The molecule has 16 heavy (non-hydrogen) atoms. The van der Waals surface area contributed by atoms with Crippen molar-refractivity contribution in [3.05, 3.63) is 12.2 Å². The van der Waals surface area contributed by atoms with Gasteiger partial charge in [0, 0.05) is 6.04 Å². The highest BCUT2D eigenvalue weighted by Gasteiger charge is 2.42. The second kappa shape index (κ2) is 4.50. The van der Waals surface area contributed by atoms with E-state index in [0.29, 0.717) is 12.0 Å². The van der Waals surface area contributed by atoms with Crippen LogP contribution >= 0.6 is 0 Å². The molecule has 1 saturated carbocycles. The lowest BCUT2D eigenvalue weighted by Crippen LogP contribution is -2.53. The van der Waals surface area contributed by atoms with Crippen molar-refractivity contribution in [2.24, 2.45) is 5.92 Å². The van der Waals surface area contributed by atoms with E-state index in [0.717, 1.165) is 19.3 Å². The van der Waals surface area contributed by atoms with Crippen LogP contribution in [0.4, 0.5) is 0 Å². The second-order valence-electron chi connectivity index (χ2n) is 5.93. The summed E-state index contributed by atoms with van der Waals surface area (Å²) < 4.78 is 0. The molecule has 3 atom stereocenters. The van der Waals surface area contributed by atoms with Crippen LogP contribution in [0.25, 0.3) is 0 Å². The van der Waals surface area contributed by atoms with E-state index in [4.69, 9.17) is 0 Å². The molecule has 0 amide bonds. The third kappa shape index (κ3) is 2.33. The fraction of sp³-hybridized carbons (Fsp3) is 0.857. The molecule has 1 aliphatic carbocycles. The van der Waals surface area contributed by atoms with Crippen molar-refractivity contribution in [2.75, 3.05) is 13.1 Å². The van der Waals surface area contributed by atoms with Gasteiger partial charge < -0.3 is 5.11 Å². The topological polar surface area (TPSA) is 23.5 Å². The molecule has 0 aromatic heterocycles. The first-order valence-corrected chi connectivity index (χ1v) is 6.62. The Morgan fingerprint density at radius 1 is 1.38 bits per heavy atom. The molecule has 0 aromatic rings. The van der Waals surface area contributed by atoms with E-state index >= 15 is 0 Å². The molecule has 2 nitrogen and oxygen atoms in total. The number of allylic oxidation sites excluding steroid dienone is 1. The highest BCUT2D eigenvalue weighted by Crippen LogP contribution is 2.38. The van der Waals surface area contributed by atoms with Crippen molar-refractivity contribution in [1.29, 1.82) is 0 Å². The van der Waals surface area contributed by atoms with Crippen LogP contribution in [0.3, 0.4) is 0 Å². The fourth-order valence-electron chi connectivity index (χ4n) is 3.32. The molecule has 2 aliphatic rings. The SMILES string of the molecule is C=C(C)C1CC[C@@](C)(O)[C@H](N2CCCC2)C1. The van der Waals surface area contributed by atoms with E-state index < -0.39 is 5.60 Å². The maximum Gasteiger partial charge on any atom is 0.0774 e. The third-order valence-corrected chi connectivity index (χ3v) is 4.50. The van der Waals surface area contributed by atoms with E-state index in [1.807, 2.05) is 6.92 Å². The Balaban J connectivity index is 2.08. The van der Waals surface area contributed by atoms with Gasteiger partial charge >= 0.3 is 0 Å². The molecule has 1 N–H and O–H groups in total. The minimum Gasteiger partial charge on any atom is -0.389 e. The lowest BCUT2D eigenvalue weighted by molar-refractivity contribution is -0.0627. The zero-order chi connectivity index (χ0) is 11.8. The molecule has 2 rings (SSSR count). The number of hydrogen-bond donors (Lipinski definition) is 1. The maximum absolute atomic E-state index is 10.5. The van der Waals surface area contributed by atoms with Gasteiger partial charge in [0.2, 0.25) is 0 Å². The van der Waals surface area contributed by atoms with Crippen molar-refractivity contribution >= 4 is 0 Å². The number of likely N-dealkylation sites (tertiary alicyclic amines) is 1.